The van der Waals surface area contributed by atoms with E-state index in [0.29, 0.717) is 0 Å². The van der Waals surface area contributed by atoms with Gasteiger partial charge in [-0.15, -0.1) is 0 Å². The van der Waals surface area contributed by atoms with E-state index in [4.69, 9.17) is 0 Å². The Balaban J connectivity index is 0. The Morgan fingerprint density at radius 1 is 0.842 bits per heavy atom. The summed E-state index contributed by atoms with van der Waals surface area (Å²) in [7, 11) is 0. The minimum atomic E-state index is 1.09. The number of aryl methyl sites for hydroxylation is 2. The van der Waals surface area contributed by atoms with Crippen LogP contribution in [-0.4, -0.2) is 0 Å². The summed E-state index contributed by atoms with van der Waals surface area (Å²) in [6.45, 7) is 16.6. The molecule has 0 amide bonds. The molecule has 0 bridgehead atoms. The van der Waals surface area contributed by atoms with Crippen molar-refractivity contribution in [3.05, 3.63) is 46.5 Å². The van der Waals surface area contributed by atoms with E-state index in [2.05, 4.69) is 64.1 Å². The average Bonchev–Trinajstić information content (AvgIpc) is 2.47. The van der Waals surface area contributed by atoms with Gasteiger partial charge >= 0.3 is 0 Å². The lowest BCUT2D eigenvalue weighted by molar-refractivity contribution is 1.23. The molecule has 0 heteroatoms. The molecular weight excluding hydrogens is 228 g/mol. The smallest absolute Gasteiger partial charge is 0.0155 e. The molecule has 0 unspecified atom stereocenters. The van der Waals surface area contributed by atoms with Crippen LogP contribution in [0.5, 0.6) is 0 Å². The first-order chi connectivity index (χ1) is 9.20. The van der Waals surface area contributed by atoms with Crippen molar-refractivity contribution in [2.75, 3.05) is 0 Å². The van der Waals surface area contributed by atoms with Crippen LogP contribution in [0.15, 0.2) is 24.3 Å². The molecule has 108 valence electrons. The zero-order valence-corrected chi connectivity index (χ0v) is 14.2. The normalized spacial score (nSPS) is 9.89. The number of rotatable bonds is 3. The summed E-state index contributed by atoms with van der Waals surface area (Å²) >= 11 is 0. The maximum atomic E-state index is 2.23. The van der Waals surface area contributed by atoms with Crippen molar-refractivity contribution >= 4 is 12.2 Å². The first-order valence-electron chi connectivity index (χ1n) is 7.60. The topological polar surface area (TPSA) is 0 Å². The molecule has 0 nitrogen and oxygen atoms in total. The predicted molar refractivity (Wildman–Crippen MR) is 92.6 cm³/mol. The van der Waals surface area contributed by atoms with E-state index in [1.165, 1.54) is 22.3 Å². The highest BCUT2D eigenvalue weighted by molar-refractivity contribution is 5.70. The second-order valence-electron chi connectivity index (χ2n) is 3.84. The fourth-order valence-electron chi connectivity index (χ4n) is 1.70. The minimum absolute atomic E-state index is 1.09. The summed E-state index contributed by atoms with van der Waals surface area (Å²) in [6.07, 6.45) is 9.83. The Morgan fingerprint density at radius 2 is 1.26 bits per heavy atom. The summed E-state index contributed by atoms with van der Waals surface area (Å²) in [5, 5.41) is 0. The van der Waals surface area contributed by atoms with Gasteiger partial charge in [0, 0.05) is 0 Å². The molecule has 0 fully saturated rings. The van der Waals surface area contributed by atoms with Gasteiger partial charge in [0.15, 0.2) is 0 Å². The van der Waals surface area contributed by atoms with Gasteiger partial charge in [0.2, 0.25) is 0 Å². The third-order valence-corrected chi connectivity index (χ3v) is 2.58. The van der Waals surface area contributed by atoms with E-state index in [0.717, 1.165) is 6.42 Å². The monoisotopic (exact) mass is 260 g/mol. The molecule has 0 aliphatic carbocycles. The van der Waals surface area contributed by atoms with Crippen molar-refractivity contribution in [1.82, 2.24) is 0 Å². The highest BCUT2D eigenvalue weighted by Gasteiger charge is 2.02. The maximum absolute atomic E-state index is 2.23. The molecule has 0 aromatic heterocycles. The molecule has 0 radical (unpaired) electrons. The zero-order valence-electron chi connectivity index (χ0n) is 14.2. The number of benzene rings is 1. The van der Waals surface area contributed by atoms with Crippen molar-refractivity contribution in [3.8, 4) is 0 Å². The van der Waals surface area contributed by atoms with Crippen molar-refractivity contribution in [2.24, 2.45) is 0 Å². The highest BCUT2D eigenvalue weighted by atomic mass is 14.1. The third-order valence-electron chi connectivity index (χ3n) is 2.58. The molecule has 0 aliphatic heterocycles. The fraction of sp³-hybridized carbons (Fsp3) is 0.474. The molecule has 1 aromatic carbocycles. The molecule has 19 heavy (non-hydrogen) atoms. The van der Waals surface area contributed by atoms with Crippen LogP contribution in [0.2, 0.25) is 0 Å². The Morgan fingerprint density at radius 3 is 1.63 bits per heavy atom. The van der Waals surface area contributed by atoms with Crippen molar-refractivity contribution < 1.29 is 0 Å². The van der Waals surface area contributed by atoms with E-state index < -0.39 is 0 Å². The molecule has 0 heterocycles. The average molecular weight is 260 g/mol. The predicted octanol–water partition coefficient (Wildman–Crippen LogP) is 6.81. The van der Waals surface area contributed by atoms with Crippen LogP contribution in [0.3, 0.4) is 0 Å². The number of hydrogen-bond acceptors (Lipinski definition) is 0. The van der Waals surface area contributed by atoms with Crippen molar-refractivity contribution in [1.29, 1.82) is 0 Å². The molecule has 0 spiro atoms. The fourth-order valence-corrected chi connectivity index (χ4v) is 1.70. The summed E-state index contributed by atoms with van der Waals surface area (Å²) < 4.78 is 0. The molecule has 0 saturated carbocycles. The van der Waals surface area contributed by atoms with Gasteiger partial charge in [-0.05, 0) is 49.4 Å². The van der Waals surface area contributed by atoms with Crippen LogP contribution >= 0.6 is 0 Å². The lowest BCUT2D eigenvalue weighted by atomic mass is 9.96. The maximum Gasteiger partial charge on any atom is -0.0155 e. The molecule has 0 N–H and O–H groups in total. The van der Waals surface area contributed by atoms with Crippen LogP contribution in [0, 0.1) is 13.8 Å². The van der Waals surface area contributed by atoms with Gasteiger partial charge in [-0.3, -0.25) is 0 Å². The van der Waals surface area contributed by atoms with Gasteiger partial charge in [-0.2, -0.15) is 0 Å². The lowest BCUT2D eigenvalue weighted by Crippen LogP contribution is -1.90. The largest absolute Gasteiger partial charge is 0.0870 e. The number of hydrogen-bond donors (Lipinski definition) is 0. The lowest BCUT2D eigenvalue weighted by Gasteiger charge is -2.09. The van der Waals surface area contributed by atoms with E-state index in [1.54, 1.807) is 0 Å². The zero-order chi connectivity index (χ0) is 15.3. The van der Waals surface area contributed by atoms with Gasteiger partial charge in [0.05, 0.1) is 0 Å². The van der Waals surface area contributed by atoms with Crippen LogP contribution in [0.25, 0.3) is 12.2 Å². The SMILES string of the molecule is C/C=C\c1c(C)ccc(C)c1/C=C\CC.CC.CC. The van der Waals surface area contributed by atoms with Gasteiger partial charge in [-0.25, -0.2) is 0 Å². The van der Waals surface area contributed by atoms with Gasteiger partial charge < -0.3 is 0 Å². The highest BCUT2D eigenvalue weighted by Crippen LogP contribution is 2.21. The van der Waals surface area contributed by atoms with E-state index in [-0.39, 0.29) is 0 Å². The van der Waals surface area contributed by atoms with Crippen molar-refractivity contribution in [2.45, 2.75) is 61.8 Å². The molecule has 0 saturated heterocycles. The third kappa shape index (κ3) is 7.00. The summed E-state index contributed by atoms with van der Waals surface area (Å²) in [4.78, 5) is 0. The Kier molecular flexibility index (Phi) is 13.8. The van der Waals surface area contributed by atoms with E-state index in [1.807, 2.05) is 27.7 Å². The summed E-state index contributed by atoms with van der Waals surface area (Å²) in [6, 6.07) is 4.38. The summed E-state index contributed by atoms with van der Waals surface area (Å²) in [5.41, 5.74) is 5.39. The van der Waals surface area contributed by atoms with Gasteiger partial charge in [0.1, 0.15) is 0 Å². The first kappa shape index (κ1) is 20.0. The quantitative estimate of drug-likeness (QED) is 0.560. The number of allylic oxidation sites excluding steroid dienone is 2. The Hall–Kier alpha value is -1.30. The summed E-state index contributed by atoms with van der Waals surface area (Å²) in [5.74, 6) is 0. The Labute approximate surface area is 121 Å². The molecular formula is C19H32. The van der Waals surface area contributed by atoms with E-state index in [9.17, 15) is 0 Å². The molecule has 1 aromatic rings. The first-order valence-corrected chi connectivity index (χ1v) is 7.60. The van der Waals surface area contributed by atoms with Gasteiger partial charge in [0.25, 0.3) is 0 Å². The molecule has 0 atom stereocenters. The standard InChI is InChI=1S/C15H20.2C2H6/c1-5-7-9-15-13(4)11-10-12(3)14(15)8-6-2;2*1-2/h6-11H,5H2,1-4H3;2*1-2H3/b8-6-,9-7-;;. The second kappa shape index (κ2) is 13.1. The van der Waals surface area contributed by atoms with Crippen LogP contribution in [-0.2, 0) is 0 Å². The minimum Gasteiger partial charge on any atom is -0.0870 e. The molecule has 1 rings (SSSR count). The second-order valence-corrected chi connectivity index (χ2v) is 3.84. The van der Waals surface area contributed by atoms with Crippen LogP contribution in [0.1, 0.15) is 70.2 Å². The Bertz CT molecular complexity index is 381. The van der Waals surface area contributed by atoms with Crippen molar-refractivity contribution in [3.63, 3.8) is 0 Å². The molecule has 0 aliphatic rings. The van der Waals surface area contributed by atoms with Gasteiger partial charge in [-0.1, -0.05) is 71.1 Å². The van der Waals surface area contributed by atoms with E-state index >= 15 is 0 Å². The van der Waals surface area contributed by atoms with Crippen LogP contribution in [0.4, 0.5) is 0 Å². The van der Waals surface area contributed by atoms with Crippen LogP contribution < -0.4 is 0 Å².